The minimum atomic E-state index is 0.465. The Bertz CT molecular complexity index is 423. The Kier molecular flexibility index (Phi) is 2.06. The van der Waals surface area contributed by atoms with Crippen LogP contribution in [0.3, 0.4) is 0 Å². The third-order valence-electron chi connectivity index (χ3n) is 1.75. The lowest BCUT2D eigenvalue weighted by Crippen LogP contribution is -1.99. The van der Waals surface area contributed by atoms with Crippen LogP contribution in [0.25, 0.3) is 10.9 Å². The summed E-state index contributed by atoms with van der Waals surface area (Å²) in [5.41, 5.74) is 0.899. The van der Waals surface area contributed by atoms with Crippen molar-refractivity contribution in [2.75, 3.05) is 11.9 Å². The van der Waals surface area contributed by atoms with Crippen LogP contribution in [-0.4, -0.2) is 21.7 Å². The van der Waals surface area contributed by atoms with Gasteiger partial charge >= 0.3 is 0 Å². The number of H-pyrrole nitrogens is 1. The van der Waals surface area contributed by atoms with Crippen LogP contribution < -0.4 is 5.32 Å². The van der Waals surface area contributed by atoms with E-state index in [0.29, 0.717) is 5.15 Å². The monoisotopic (exact) mass is 196 g/mol. The zero-order valence-corrected chi connectivity index (χ0v) is 7.89. The van der Waals surface area contributed by atoms with E-state index in [9.17, 15) is 0 Å². The van der Waals surface area contributed by atoms with Gasteiger partial charge < -0.3 is 5.32 Å². The van der Waals surface area contributed by atoms with E-state index >= 15 is 0 Å². The maximum atomic E-state index is 5.82. The Morgan fingerprint density at radius 2 is 2.46 bits per heavy atom. The Morgan fingerprint density at radius 3 is 3.23 bits per heavy atom. The molecule has 0 aliphatic heterocycles. The lowest BCUT2D eigenvalue weighted by molar-refractivity contribution is 1.12. The number of anilines is 1. The molecule has 0 amide bonds. The van der Waals surface area contributed by atoms with Crippen molar-refractivity contribution in [1.82, 2.24) is 15.2 Å². The van der Waals surface area contributed by atoms with E-state index in [2.05, 4.69) is 20.5 Å². The summed E-state index contributed by atoms with van der Waals surface area (Å²) in [5.74, 6) is 0.777. The highest BCUT2D eigenvalue weighted by atomic mass is 35.5. The van der Waals surface area contributed by atoms with Crippen LogP contribution in [0, 0.1) is 0 Å². The molecule has 0 aliphatic rings. The van der Waals surface area contributed by atoms with Gasteiger partial charge in [-0.05, 0) is 6.92 Å². The summed E-state index contributed by atoms with van der Waals surface area (Å²) in [6, 6.07) is 1.75. The molecule has 0 aromatic carbocycles. The smallest absolute Gasteiger partial charge is 0.138 e. The van der Waals surface area contributed by atoms with Crippen molar-refractivity contribution >= 4 is 28.3 Å². The van der Waals surface area contributed by atoms with Crippen LogP contribution in [0.2, 0.25) is 5.15 Å². The standard InChI is InChI=1S/C8H9ClN4/c1-2-10-8-5-4-11-13-6(5)3-7(9)12-8/h3-4H,2H2,1H3,(H,10,12)(H,11,13). The summed E-state index contributed by atoms with van der Waals surface area (Å²) < 4.78 is 0. The van der Waals surface area contributed by atoms with Gasteiger partial charge in [-0.1, -0.05) is 11.6 Å². The Hall–Kier alpha value is -1.29. The summed E-state index contributed by atoms with van der Waals surface area (Å²) >= 11 is 5.82. The maximum Gasteiger partial charge on any atom is 0.138 e. The van der Waals surface area contributed by atoms with Gasteiger partial charge in [-0.2, -0.15) is 5.10 Å². The molecule has 0 spiro atoms. The van der Waals surface area contributed by atoms with E-state index in [1.54, 1.807) is 12.3 Å². The van der Waals surface area contributed by atoms with Crippen molar-refractivity contribution in [3.05, 3.63) is 17.4 Å². The van der Waals surface area contributed by atoms with Gasteiger partial charge in [-0.25, -0.2) is 4.98 Å². The van der Waals surface area contributed by atoms with Crippen LogP contribution >= 0.6 is 11.6 Å². The highest BCUT2D eigenvalue weighted by Crippen LogP contribution is 2.22. The average molecular weight is 197 g/mol. The number of fused-ring (bicyclic) bond motifs is 1. The molecule has 0 bridgehead atoms. The third-order valence-corrected chi connectivity index (χ3v) is 1.94. The first kappa shape index (κ1) is 8.31. The molecule has 0 saturated carbocycles. The van der Waals surface area contributed by atoms with Crippen molar-refractivity contribution < 1.29 is 0 Å². The predicted octanol–water partition coefficient (Wildman–Crippen LogP) is 2.04. The van der Waals surface area contributed by atoms with E-state index in [0.717, 1.165) is 23.3 Å². The second-order valence-electron chi connectivity index (χ2n) is 2.66. The summed E-state index contributed by atoms with van der Waals surface area (Å²) in [6.07, 6.45) is 1.73. The molecule has 2 aromatic heterocycles. The van der Waals surface area contributed by atoms with Gasteiger partial charge in [0.05, 0.1) is 17.1 Å². The van der Waals surface area contributed by atoms with E-state index in [1.807, 2.05) is 6.92 Å². The zero-order chi connectivity index (χ0) is 9.26. The number of nitrogens with zero attached hydrogens (tertiary/aromatic N) is 2. The highest BCUT2D eigenvalue weighted by molar-refractivity contribution is 6.30. The van der Waals surface area contributed by atoms with Gasteiger partial charge in [0.25, 0.3) is 0 Å². The maximum absolute atomic E-state index is 5.82. The van der Waals surface area contributed by atoms with Gasteiger partial charge in [0.2, 0.25) is 0 Å². The van der Waals surface area contributed by atoms with Crippen molar-refractivity contribution in [2.24, 2.45) is 0 Å². The first-order valence-corrected chi connectivity index (χ1v) is 4.42. The Labute approximate surface area is 80.3 Å². The van der Waals surface area contributed by atoms with Crippen LogP contribution in [0.5, 0.6) is 0 Å². The molecule has 68 valence electrons. The summed E-state index contributed by atoms with van der Waals surface area (Å²) in [5, 5.41) is 11.3. The van der Waals surface area contributed by atoms with Crippen molar-refractivity contribution in [2.45, 2.75) is 6.92 Å². The molecule has 2 N–H and O–H groups in total. The zero-order valence-electron chi connectivity index (χ0n) is 7.13. The lowest BCUT2D eigenvalue weighted by Gasteiger charge is -2.03. The molecular formula is C8H9ClN4. The van der Waals surface area contributed by atoms with Gasteiger partial charge in [0.1, 0.15) is 11.0 Å². The van der Waals surface area contributed by atoms with E-state index in [1.165, 1.54) is 0 Å². The number of aromatic amines is 1. The van der Waals surface area contributed by atoms with Gasteiger partial charge in [-0.15, -0.1) is 0 Å². The first-order valence-electron chi connectivity index (χ1n) is 4.04. The fourth-order valence-electron chi connectivity index (χ4n) is 1.22. The summed E-state index contributed by atoms with van der Waals surface area (Å²) in [7, 11) is 0. The van der Waals surface area contributed by atoms with Crippen LogP contribution in [0.4, 0.5) is 5.82 Å². The van der Waals surface area contributed by atoms with Crippen molar-refractivity contribution in [3.8, 4) is 0 Å². The highest BCUT2D eigenvalue weighted by Gasteiger charge is 2.04. The normalized spacial score (nSPS) is 10.6. The number of pyridine rings is 1. The van der Waals surface area contributed by atoms with Crippen LogP contribution in [0.15, 0.2) is 12.3 Å². The molecule has 2 heterocycles. The molecule has 0 radical (unpaired) electrons. The molecule has 0 aliphatic carbocycles. The predicted molar refractivity (Wildman–Crippen MR) is 53.1 cm³/mol. The molecular weight excluding hydrogens is 188 g/mol. The van der Waals surface area contributed by atoms with E-state index in [-0.39, 0.29) is 0 Å². The molecule has 13 heavy (non-hydrogen) atoms. The minimum absolute atomic E-state index is 0.465. The van der Waals surface area contributed by atoms with E-state index < -0.39 is 0 Å². The number of hydrogen-bond acceptors (Lipinski definition) is 3. The fraction of sp³-hybridized carbons (Fsp3) is 0.250. The van der Waals surface area contributed by atoms with Crippen LogP contribution in [-0.2, 0) is 0 Å². The second kappa shape index (κ2) is 3.22. The number of nitrogens with one attached hydrogen (secondary N) is 2. The fourth-order valence-corrected chi connectivity index (χ4v) is 1.41. The third kappa shape index (κ3) is 1.45. The molecule has 2 aromatic rings. The number of hydrogen-bond donors (Lipinski definition) is 2. The molecule has 5 heteroatoms. The molecule has 0 atom stereocenters. The number of halogens is 1. The van der Waals surface area contributed by atoms with Crippen LogP contribution in [0.1, 0.15) is 6.92 Å². The van der Waals surface area contributed by atoms with Gasteiger partial charge in [0, 0.05) is 12.6 Å². The summed E-state index contributed by atoms with van der Waals surface area (Å²) in [6.45, 7) is 2.82. The molecule has 4 nitrogen and oxygen atoms in total. The SMILES string of the molecule is CCNc1nc(Cl)cc2[nH]ncc12. The second-order valence-corrected chi connectivity index (χ2v) is 3.04. The quantitative estimate of drug-likeness (QED) is 0.723. The topological polar surface area (TPSA) is 53.6 Å². The first-order chi connectivity index (χ1) is 6.31. The Balaban J connectivity index is 2.63. The average Bonchev–Trinajstić information content (AvgIpc) is 2.52. The lowest BCUT2D eigenvalue weighted by atomic mass is 10.3. The number of rotatable bonds is 2. The Morgan fingerprint density at radius 1 is 1.62 bits per heavy atom. The molecule has 0 unspecified atom stereocenters. The minimum Gasteiger partial charge on any atom is -0.370 e. The number of aromatic nitrogens is 3. The van der Waals surface area contributed by atoms with Crippen molar-refractivity contribution in [1.29, 1.82) is 0 Å². The molecule has 0 fully saturated rings. The summed E-state index contributed by atoms with van der Waals surface area (Å²) in [4.78, 5) is 4.16. The van der Waals surface area contributed by atoms with E-state index in [4.69, 9.17) is 11.6 Å². The van der Waals surface area contributed by atoms with Gasteiger partial charge in [0.15, 0.2) is 0 Å². The molecule has 0 saturated heterocycles. The van der Waals surface area contributed by atoms with Gasteiger partial charge in [-0.3, -0.25) is 5.10 Å². The molecule has 2 rings (SSSR count). The van der Waals surface area contributed by atoms with Crippen molar-refractivity contribution in [3.63, 3.8) is 0 Å². The largest absolute Gasteiger partial charge is 0.370 e.